The average molecular weight is 397 g/mol. The molecule has 1 aliphatic heterocycles. The number of anilines is 2. The topological polar surface area (TPSA) is 68.4 Å². The zero-order valence-electron chi connectivity index (χ0n) is 15.3. The Balaban J connectivity index is 1.31. The first-order chi connectivity index (χ1) is 13.6. The van der Waals surface area contributed by atoms with E-state index in [2.05, 4.69) is 15.2 Å². The number of aromatic amines is 1. The summed E-state index contributed by atoms with van der Waals surface area (Å²) in [5, 5.41) is 4.84. The molecule has 3 aromatic rings. The molecule has 1 aromatic heterocycles. The molecule has 4 rings (SSSR count). The summed E-state index contributed by atoms with van der Waals surface area (Å²) in [6.45, 7) is 3.24. The van der Waals surface area contributed by atoms with Crippen molar-refractivity contribution in [2.24, 2.45) is 0 Å². The molecule has 2 N–H and O–H groups in total. The van der Waals surface area contributed by atoms with E-state index in [1.807, 2.05) is 47.4 Å². The number of rotatable bonds is 4. The van der Waals surface area contributed by atoms with Crippen LogP contribution in [0.5, 0.6) is 0 Å². The molecule has 0 saturated carbocycles. The van der Waals surface area contributed by atoms with Gasteiger partial charge in [0.15, 0.2) is 0 Å². The van der Waals surface area contributed by atoms with Gasteiger partial charge in [0.1, 0.15) is 0 Å². The van der Waals surface area contributed by atoms with Crippen LogP contribution >= 0.6 is 11.6 Å². The lowest BCUT2D eigenvalue weighted by Gasteiger charge is -2.36. The molecule has 1 aliphatic rings. The Morgan fingerprint density at radius 3 is 2.50 bits per heavy atom. The van der Waals surface area contributed by atoms with Crippen molar-refractivity contribution in [3.63, 3.8) is 0 Å². The van der Waals surface area contributed by atoms with Gasteiger partial charge in [0, 0.05) is 59.5 Å². The fourth-order valence-electron chi connectivity index (χ4n) is 3.42. The molecule has 7 heteroatoms. The molecule has 0 radical (unpaired) electrons. The zero-order valence-corrected chi connectivity index (χ0v) is 16.1. The van der Waals surface area contributed by atoms with Crippen LogP contribution in [0.4, 0.5) is 11.4 Å². The van der Waals surface area contributed by atoms with Crippen LogP contribution in [0.1, 0.15) is 0 Å². The van der Waals surface area contributed by atoms with Gasteiger partial charge in [-0.25, -0.2) is 0 Å². The van der Waals surface area contributed by atoms with E-state index in [4.69, 9.17) is 11.6 Å². The van der Waals surface area contributed by atoms with Gasteiger partial charge in [-0.15, -0.1) is 0 Å². The van der Waals surface area contributed by atoms with Gasteiger partial charge >= 0.3 is 0 Å². The van der Waals surface area contributed by atoms with E-state index >= 15 is 0 Å². The van der Waals surface area contributed by atoms with E-state index in [1.54, 1.807) is 6.07 Å². The minimum Gasteiger partial charge on any atom is -0.376 e. The van der Waals surface area contributed by atoms with Gasteiger partial charge in [-0.3, -0.25) is 9.59 Å². The van der Waals surface area contributed by atoms with E-state index in [1.165, 1.54) is 6.07 Å². The Morgan fingerprint density at radius 1 is 1.00 bits per heavy atom. The summed E-state index contributed by atoms with van der Waals surface area (Å²) >= 11 is 5.95. The van der Waals surface area contributed by atoms with E-state index in [0.29, 0.717) is 13.1 Å². The van der Waals surface area contributed by atoms with Crippen LogP contribution in [0, 0.1) is 0 Å². The monoisotopic (exact) mass is 396 g/mol. The molecule has 1 amide bonds. The van der Waals surface area contributed by atoms with Crippen molar-refractivity contribution < 1.29 is 4.79 Å². The van der Waals surface area contributed by atoms with Gasteiger partial charge in [0.25, 0.3) is 0 Å². The van der Waals surface area contributed by atoms with Gasteiger partial charge in [-0.05, 0) is 48.5 Å². The highest BCUT2D eigenvalue weighted by atomic mass is 35.5. The number of carbonyl (C=O) groups excluding carboxylic acids is 1. The number of carbonyl (C=O) groups is 1. The molecular weight excluding hydrogens is 376 g/mol. The number of pyridine rings is 1. The van der Waals surface area contributed by atoms with Crippen LogP contribution in [0.3, 0.4) is 0 Å². The average Bonchev–Trinajstić information content (AvgIpc) is 2.72. The number of amides is 1. The molecule has 1 fully saturated rings. The maximum atomic E-state index is 12.5. The third kappa shape index (κ3) is 4.12. The summed E-state index contributed by atoms with van der Waals surface area (Å²) < 4.78 is 0. The maximum absolute atomic E-state index is 12.5. The maximum Gasteiger partial charge on any atom is 0.248 e. The third-order valence-electron chi connectivity index (χ3n) is 4.99. The van der Waals surface area contributed by atoms with Crippen molar-refractivity contribution in [2.75, 3.05) is 42.9 Å². The first-order valence-electron chi connectivity index (χ1n) is 9.24. The number of benzene rings is 2. The van der Waals surface area contributed by atoms with Crippen molar-refractivity contribution >= 4 is 39.8 Å². The second-order valence-corrected chi connectivity index (χ2v) is 7.26. The first kappa shape index (κ1) is 18.4. The minimum absolute atomic E-state index is 0.0809. The second-order valence-electron chi connectivity index (χ2n) is 6.82. The first-order valence-corrected chi connectivity index (χ1v) is 9.61. The lowest BCUT2D eigenvalue weighted by atomic mass is 10.2. The van der Waals surface area contributed by atoms with Crippen LogP contribution in [-0.2, 0) is 4.79 Å². The Bertz CT molecular complexity index is 1040. The number of halogens is 1. The molecule has 2 heterocycles. The standard InChI is InChI=1S/C21H21ClN4O2/c22-16-2-5-18(6-3-16)25-9-11-26(12-10-25)21(28)14-23-17-4-7-19-15(13-17)1-8-20(27)24-19/h1-8,13,23H,9-12,14H2,(H,24,27). The van der Waals surface area contributed by atoms with Crippen molar-refractivity contribution in [3.8, 4) is 0 Å². The number of nitrogens with zero attached hydrogens (tertiary/aromatic N) is 2. The van der Waals surface area contributed by atoms with Crippen LogP contribution in [0.25, 0.3) is 10.9 Å². The van der Waals surface area contributed by atoms with E-state index < -0.39 is 0 Å². The van der Waals surface area contributed by atoms with E-state index in [0.717, 1.165) is 40.4 Å². The number of piperazine rings is 1. The predicted molar refractivity (Wildman–Crippen MR) is 113 cm³/mol. The molecule has 0 bridgehead atoms. The van der Waals surface area contributed by atoms with Crippen LogP contribution < -0.4 is 15.8 Å². The van der Waals surface area contributed by atoms with Crippen molar-refractivity contribution in [1.29, 1.82) is 0 Å². The quantitative estimate of drug-likeness (QED) is 0.711. The SMILES string of the molecule is O=C(CNc1ccc2[nH]c(=O)ccc2c1)N1CCN(c2ccc(Cl)cc2)CC1. The summed E-state index contributed by atoms with van der Waals surface area (Å²) in [4.78, 5) is 30.8. The Hall–Kier alpha value is -2.99. The van der Waals surface area contributed by atoms with E-state index in [-0.39, 0.29) is 18.0 Å². The molecule has 0 spiro atoms. The van der Waals surface area contributed by atoms with Gasteiger partial charge in [-0.1, -0.05) is 11.6 Å². The molecule has 144 valence electrons. The van der Waals surface area contributed by atoms with Gasteiger partial charge in [0.05, 0.1) is 6.54 Å². The van der Waals surface area contributed by atoms with Crippen molar-refractivity contribution in [2.45, 2.75) is 0 Å². The summed E-state index contributed by atoms with van der Waals surface area (Å²) in [6.07, 6.45) is 0. The molecule has 28 heavy (non-hydrogen) atoms. The Kier molecular flexibility index (Phi) is 5.21. The van der Waals surface area contributed by atoms with Gasteiger partial charge < -0.3 is 20.1 Å². The van der Waals surface area contributed by atoms with E-state index in [9.17, 15) is 9.59 Å². The number of hydrogen-bond donors (Lipinski definition) is 2. The molecule has 0 atom stereocenters. The lowest BCUT2D eigenvalue weighted by Crippen LogP contribution is -2.50. The summed E-state index contributed by atoms with van der Waals surface area (Å²) in [5.74, 6) is 0.0809. The van der Waals surface area contributed by atoms with Crippen LogP contribution in [0.15, 0.2) is 59.4 Å². The second kappa shape index (κ2) is 7.94. The fourth-order valence-corrected chi connectivity index (χ4v) is 3.55. The summed E-state index contributed by atoms with van der Waals surface area (Å²) in [7, 11) is 0. The molecule has 0 aliphatic carbocycles. The number of nitrogens with one attached hydrogen (secondary N) is 2. The number of H-pyrrole nitrogens is 1. The highest BCUT2D eigenvalue weighted by Gasteiger charge is 2.21. The third-order valence-corrected chi connectivity index (χ3v) is 5.24. The Morgan fingerprint density at radius 2 is 1.75 bits per heavy atom. The molecule has 6 nitrogen and oxygen atoms in total. The minimum atomic E-state index is -0.124. The highest BCUT2D eigenvalue weighted by Crippen LogP contribution is 2.20. The molecular formula is C21H21ClN4O2. The highest BCUT2D eigenvalue weighted by molar-refractivity contribution is 6.30. The Labute approximate surface area is 167 Å². The molecule has 2 aromatic carbocycles. The van der Waals surface area contributed by atoms with Crippen LogP contribution in [-0.4, -0.2) is 48.5 Å². The number of fused-ring (bicyclic) bond motifs is 1. The fraction of sp³-hybridized carbons (Fsp3) is 0.238. The van der Waals surface area contributed by atoms with Crippen molar-refractivity contribution in [1.82, 2.24) is 9.88 Å². The molecule has 1 saturated heterocycles. The lowest BCUT2D eigenvalue weighted by molar-refractivity contribution is -0.129. The zero-order chi connectivity index (χ0) is 19.5. The number of aromatic nitrogens is 1. The number of hydrogen-bond acceptors (Lipinski definition) is 4. The largest absolute Gasteiger partial charge is 0.376 e. The normalized spacial score (nSPS) is 14.3. The van der Waals surface area contributed by atoms with Gasteiger partial charge in [0.2, 0.25) is 11.5 Å². The smallest absolute Gasteiger partial charge is 0.248 e. The summed E-state index contributed by atoms with van der Waals surface area (Å²) in [6, 6.07) is 16.7. The van der Waals surface area contributed by atoms with Crippen molar-refractivity contribution in [3.05, 3.63) is 70.0 Å². The summed E-state index contributed by atoms with van der Waals surface area (Å²) in [5.41, 5.74) is 2.64. The predicted octanol–water partition coefficient (Wildman–Crippen LogP) is 2.94. The molecule has 0 unspecified atom stereocenters. The van der Waals surface area contributed by atoms with Crippen LogP contribution in [0.2, 0.25) is 5.02 Å². The van der Waals surface area contributed by atoms with Gasteiger partial charge in [-0.2, -0.15) is 0 Å².